The molecule has 0 bridgehead atoms. The Labute approximate surface area is 114 Å². The Morgan fingerprint density at radius 2 is 2.20 bits per heavy atom. The van der Waals surface area contributed by atoms with Crippen molar-refractivity contribution in [3.05, 3.63) is 22.4 Å². The number of nitrogens with one attached hydrogen (secondary N) is 1. The molecule has 9 nitrogen and oxygen atoms in total. The summed E-state index contributed by atoms with van der Waals surface area (Å²) in [7, 11) is 0. The van der Waals surface area contributed by atoms with E-state index in [0.717, 1.165) is 4.68 Å². The molecule has 9 heteroatoms. The third kappa shape index (κ3) is 5.04. The van der Waals surface area contributed by atoms with Crippen LogP contribution in [0.1, 0.15) is 26.7 Å². The minimum absolute atomic E-state index is 0.0550. The molecule has 0 unspecified atom stereocenters. The number of amides is 1. The van der Waals surface area contributed by atoms with Gasteiger partial charge in [-0.2, -0.15) is 4.68 Å². The third-order valence-electron chi connectivity index (χ3n) is 2.56. The van der Waals surface area contributed by atoms with Crippen molar-refractivity contribution in [3.63, 3.8) is 0 Å². The summed E-state index contributed by atoms with van der Waals surface area (Å²) in [5.74, 6) is -1.66. The molecule has 0 aromatic carbocycles. The van der Waals surface area contributed by atoms with Crippen molar-refractivity contribution in [1.29, 1.82) is 0 Å². The van der Waals surface area contributed by atoms with Gasteiger partial charge in [0.05, 0.1) is 17.4 Å². The fourth-order valence-corrected chi connectivity index (χ4v) is 1.58. The van der Waals surface area contributed by atoms with Crippen LogP contribution in [0.2, 0.25) is 0 Å². The lowest BCUT2D eigenvalue weighted by Gasteiger charge is -2.25. The van der Waals surface area contributed by atoms with Crippen LogP contribution in [-0.4, -0.2) is 37.2 Å². The van der Waals surface area contributed by atoms with Gasteiger partial charge in [-0.15, -0.1) is 0 Å². The molecule has 1 aromatic heterocycles. The van der Waals surface area contributed by atoms with Gasteiger partial charge in [-0.25, -0.2) is 0 Å². The molecule has 0 spiro atoms. The monoisotopic (exact) mass is 284 g/mol. The SMILES string of the molecule is CC(C)(CCC(=O)O)NC(=O)Cn1ccc([N+](=O)[O-])n1. The van der Waals surface area contributed by atoms with Crippen LogP contribution in [0.3, 0.4) is 0 Å². The van der Waals surface area contributed by atoms with E-state index in [0.29, 0.717) is 0 Å². The summed E-state index contributed by atoms with van der Waals surface area (Å²) in [6, 6.07) is 1.20. The maximum Gasteiger partial charge on any atom is 0.389 e. The van der Waals surface area contributed by atoms with Crippen molar-refractivity contribution in [2.24, 2.45) is 0 Å². The molecule has 0 aliphatic heterocycles. The first-order valence-corrected chi connectivity index (χ1v) is 5.90. The minimum Gasteiger partial charge on any atom is -0.481 e. The number of nitrogens with zero attached hydrogens (tertiary/aromatic N) is 3. The number of carbonyl (C=O) groups is 2. The van der Waals surface area contributed by atoms with Gasteiger partial charge in [-0.05, 0) is 25.2 Å². The predicted molar refractivity (Wildman–Crippen MR) is 68.0 cm³/mol. The first-order valence-electron chi connectivity index (χ1n) is 5.90. The standard InChI is InChI=1S/C11H16N4O5/c1-11(2,5-3-10(17)18)12-9(16)7-14-6-4-8(13-14)15(19)20/h4,6H,3,5,7H2,1-2H3,(H,12,16)(H,17,18). The first kappa shape index (κ1) is 15.6. The number of hydrogen-bond donors (Lipinski definition) is 2. The smallest absolute Gasteiger partial charge is 0.389 e. The van der Waals surface area contributed by atoms with Crippen LogP contribution in [0.25, 0.3) is 0 Å². The number of carbonyl (C=O) groups excluding carboxylic acids is 1. The number of aromatic nitrogens is 2. The molecule has 0 aliphatic rings. The first-order chi connectivity index (χ1) is 9.19. The van der Waals surface area contributed by atoms with Gasteiger partial charge in [-0.3, -0.25) is 9.59 Å². The highest BCUT2D eigenvalue weighted by molar-refractivity contribution is 5.76. The summed E-state index contributed by atoms with van der Waals surface area (Å²) in [6.45, 7) is 3.25. The average molecular weight is 284 g/mol. The highest BCUT2D eigenvalue weighted by Crippen LogP contribution is 2.11. The summed E-state index contributed by atoms with van der Waals surface area (Å²) in [4.78, 5) is 32.1. The third-order valence-corrected chi connectivity index (χ3v) is 2.56. The van der Waals surface area contributed by atoms with Crippen LogP contribution in [0.4, 0.5) is 5.82 Å². The number of aliphatic carboxylic acids is 1. The van der Waals surface area contributed by atoms with Gasteiger partial charge in [0.1, 0.15) is 6.54 Å². The molecule has 0 fully saturated rings. The Hall–Kier alpha value is -2.45. The molecule has 1 rings (SSSR count). The zero-order chi connectivity index (χ0) is 15.3. The highest BCUT2D eigenvalue weighted by atomic mass is 16.6. The van der Waals surface area contributed by atoms with Gasteiger partial charge in [0.15, 0.2) is 0 Å². The Balaban J connectivity index is 2.53. The molecule has 2 N–H and O–H groups in total. The summed E-state index contributed by atoms with van der Waals surface area (Å²) in [6.07, 6.45) is 1.57. The lowest BCUT2D eigenvalue weighted by molar-refractivity contribution is -0.389. The fourth-order valence-electron chi connectivity index (χ4n) is 1.58. The molecule has 110 valence electrons. The Morgan fingerprint density at radius 3 is 2.70 bits per heavy atom. The van der Waals surface area contributed by atoms with Crippen LogP contribution in [-0.2, 0) is 16.1 Å². The van der Waals surface area contributed by atoms with E-state index in [1.54, 1.807) is 13.8 Å². The molecule has 0 saturated carbocycles. The van der Waals surface area contributed by atoms with Crippen molar-refractivity contribution in [2.75, 3.05) is 0 Å². The van der Waals surface area contributed by atoms with Crippen molar-refractivity contribution in [2.45, 2.75) is 38.8 Å². The van der Waals surface area contributed by atoms with Crippen LogP contribution >= 0.6 is 0 Å². The van der Waals surface area contributed by atoms with Crippen molar-refractivity contribution in [1.82, 2.24) is 15.1 Å². The summed E-state index contributed by atoms with van der Waals surface area (Å²) >= 11 is 0. The van der Waals surface area contributed by atoms with Crippen LogP contribution in [0.5, 0.6) is 0 Å². The van der Waals surface area contributed by atoms with Crippen molar-refractivity contribution in [3.8, 4) is 0 Å². The molecule has 1 heterocycles. The van der Waals surface area contributed by atoms with Gasteiger partial charge < -0.3 is 20.5 Å². The van der Waals surface area contributed by atoms with E-state index in [-0.39, 0.29) is 25.2 Å². The fraction of sp³-hybridized carbons (Fsp3) is 0.545. The lowest BCUT2D eigenvalue weighted by Crippen LogP contribution is -2.45. The lowest BCUT2D eigenvalue weighted by atomic mass is 9.98. The number of rotatable bonds is 7. The number of hydrogen-bond acceptors (Lipinski definition) is 5. The Bertz CT molecular complexity index is 523. The molecule has 1 amide bonds. The average Bonchev–Trinajstić information content (AvgIpc) is 2.74. The van der Waals surface area contributed by atoms with Gasteiger partial charge in [-0.1, -0.05) is 0 Å². The molecular weight excluding hydrogens is 268 g/mol. The number of carboxylic acids is 1. The highest BCUT2D eigenvalue weighted by Gasteiger charge is 2.22. The molecule has 0 radical (unpaired) electrons. The number of carboxylic acid groups (broad SMARTS) is 1. The van der Waals surface area contributed by atoms with E-state index in [4.69, 9.17) is 5.11 Å². The largest absolute Gasteiger partial charge is 0.481 e. The van der Waals surface area contributed by atoms with Gasteiger partial charge in [0.2, 0.25) is 5.91 Å². The maximum absolute atomic E-state index is 11.8. The van der Waals surface area contributed by atoms with E-state index >= 15 is 0 Å². The molecular formula is C11H16N4O5. The predicted octanol–water partition coefficient (Wildman–Crippen LogP) is 0.551. The van der Waals surface area contributed by atoms with Crippen molar-refractivity contribution >= 4 is 17.7 Å². The molecule has 0 saturated heterocycles. The maximum atomic E-state index is 11.8. The zero-order valence-electron chi connectivity index (χ0n) is 11.2. The van der Waals surface area contributed by atoms with E-state index in [1.807, 2.05) is 0 Å². The van der Waals surface area contributed by atoms with E-state index in [9.17, 15) is 19.7 Å². The second kappa shape index (κ2) is 6.13. The quantitative estimate of drug-likeness (QED) is 0.556. The normalized spacial score (nSPS) is 11.1. The number of nitro groups is 1. The Morgan fingerprint density at radius 1 is 1.55 bits per heavy atom. The van der Waals surface area contributed by atoms with Crippen LogP contribution in [0.15, 0.2) is 12.3 Å². The topological polar surface area (TPSA) is 127 Å². The molecule has 0 aliphatic carbocycles. The van der Waals surface area contributed by atoms with Gasteiger partial charge in [0, 0.05) is 12.0 Å². The molecule has 1 aromatic rings. The van der Waals surface area contributed by atoms with Gasteiger partial charge >= 0.3 is 11.8 Å². The Kier molecular flexibility index (Phi) is 4.78. The summed E-state index contributed by atoms with van der Waals surface area (Å²) in [5, 5.41) is 25.3. The second-order valence-electron chi connectivity index (χ2n) is 4.95. The van der Waals surface area contributed by atoms with E-state index in [2.05, 4.69) is 10.4 Å². The second-order valence-corrected chi connectivity index (χ2v) is 4.95. The van der Waals surface area contributed by atoms with Crippen LogP contribution < -0.4 is 5.32 Å². The summed E-state index contributed by atoms with van der Waals surface area (Å²) in [5.41, 5.74) is -0.672. The van der Waals surface area contributed by atoms with E-state index < -0.39 is 22.3 Å². The molecule has 0 atom stereocenters. The van der Waals surface area contributed by atoms with E-state index in [1.165, 1.54) is 12.3 Å². The summed E-state index contributed by atoms with van der Waals surface area (Å²) < 4.78 is 1.15. The zero-order valence-corrected chi connectivity index (χ0v) is 11.2. The molecule has 20 heavy (non-hydrogen) atoms. The van der Waals surface area contributed by atoms with Crippen LogP contribution in [0, 0.1) is 10.1 Å². The minimum atomic E-state index is -0.935. The van der Waals surface area contributed by atoms with Gasteiger partial charge in [0.25, 0.3) is 0 Å². The van der Waals surface area contributed by atoms with Crippen molar-refractivity contribution < 1.29 is 19.6 Å².